The average molecular weight is 570 g/mol. The zero-order valence-corrected chi connectivity index (χ0v) is 22.7. The van der Waals surface area contributed by atoms with Crippen molar-refractivity contribution in [2.45, 2.75) is 37.9 Å². The molecule has 218 valence electrons. The maximum Gasteiger partial charge on any atom is 0.416 e. The predicted molar refractivity (Wildman–Crippen MR) is 148 cm³/mol. The van der Waals surface area contributed by atoms with Crippen molar-refractivity contribution in [1.82, 2.24) is 25.4 Å². The quantitative estimate of drug-likeness (QED) is 0.381. The summed E-state index contributed by atoms with van der Waals surface area (Å²) >= 11 is 0. The number of benzene rings is 2. The number of carbonyl (C=O) groups is 3. The molecule has 2 aliphatic heterocycles. The third kappa shape index (κ3) is 7.27. The Labute approximate surface area is 236 Å². The second-order valence-electron chi connectivity index (χ2n) is 10.9. The van der Waals surface area contributed by atoms with Crippen molar-refractivity contribution in [3.8, 4) is 0 Å². The number of amides is 3. The lowest BCUT2D eigenvalue weighted by Gasteiger charge is -2.32. The van der Waals surface area contributed by atoms with Crippen LogP contribution in [0, 0.1) is 5.92 Å². The maximum absolute atomic E-state index is 13.0. The Hall–Kier alpha value is -3.86. The van der Waals surface area contributed by atoms with Crippen molar-refractivity contribution in [2.75, 3.05) is 39.3 Å². The van der Waals surface area contributed by atoms with Gasteiger partial charge in [-0.2, -0.15) is 13.2 Å². The van der Waals surface area contributed by atoms with Crippen molar-refractivity contribution in [3.63, 3.8) is 0 Å². The summed E-state index contributed by atoms with van der Waals surface area (Å²) in [6.45, 7) is 3.67. The summed E-state index contributed by atoms with van der Waals surface area (Å²) in [5.41, 5.74) is 0.536. The van der Waals surface area contributed by atoms with E-state index in [0.29, 0.717) is 18.2 Å². The van der Waals surface area contributed by atoms with E-state index in [1.165, 1.54) is 12.1 Å². The van der Waals surface area contributed by atoms with E-state index in [1.807, 2.05) is 35.2 Å². The van der Waals surface area contributed by atoms with Gasteiger partial charge in [0, 0.05) is 48.7 Å². The second kappa shape index (κ2) is 12.3. The molecule has 0 spiro atoms. The zero-order chi connectivity index (χ0) is 29.0. The summed E-state index contributed by atoms with van der Waals surface area (Å²) in [4.78, 5) is 45.0. The summed E-state index contributed by atoms with van der Waals surface area (Å²) in [7, 11) is 0. The number of likely N-dealkylation sites (tertiary alicyclic amines) is 2. The lowest BCUT2D eigenvalue weighted by molar-refractivity contribution is -0.137. The number of H-pyrrole nitrogens is 1. The molecule has 41 heavy (non-hydrogen) atoms. The van der Waals surface area contributed by atoms with Gasteiger partial charge in [0.15, 0.2) is 0 Å². The van der Waals surface area contributed by atoms with Crippen molar-refractivity contribution in [2.24, 2.45) is 5.92 Å². The number of hydrogen-bond acceptors (Lipinski definition) is 4. The third-order valence-electron chi connectivity index (χ3n) is 8.01. The lowest BCUT2D eigenvalue weighted by atomic mass is 9.93. The highest BCUT2D eigenvalue weighted by atomic mass is 19.4. The number of halogens is 3. The third-order valence-corrected chi connectivity index (χ3v) is 8.01. The second-order valence-corrected chi connectivity index (χ2v) is 10.9. The van der Waals surface area contributed by atoms with Gasteiger partial charge in [0.1, 0.15) is 5.69 Å². The largest absolute Gasteiger partial charge is 0.416 e. The van der Waals surface area contributed by atoms with Crippen LogP contribution in [0.3, 0.4) is 0 Å². The fourth-order valence-corrected chi connectivity index (χ4v) is 5.68. The minimum absolute atomic E-state index is 0.0382. The number of hydrogen-bond donors (Lipinski definition) is 3. The molecular weight excluding hydrogens is 535 g/mol. The van der Waals surface area contributed by atoms with E-state index in [9.17, 15) is 27.6 Å². The molecule has 0 aliphatic carbocycles. The van der Waals surface area contributed by atoms with Crippen LogP contribution in [-0.4, -0.2) is 77.8 Å². The number of nitrogens with zero attached hydrogens (tertiary/aromatic N) is 2. The molecular formula is C30H34F3N5O3. The summed E-state index contributed by atoms with van der Waals surface area (Å²) in [5, 5.41) is 6.34. The molecule has 3 amide bonds. The van der Waals surface area contributed by atoms with Gasteiger partial charge >= 0.3 is 6.18 Å². The van der Waals surface area contributed by atoms with Crippen molar-refractivity contribution in [1.29, 1.82) is 0 Å². The number of nitrogens with one attached hydrogen (secondary N) is 3. The van der Waals surface area contributed by atoms with E-state index in [4.69, 9.17) is 0 Å². The molecule has 2 aliphatic rings. The standard InChI is InChI=1S/C30H34F3N5O3/c31-30(32,33)23-6-3-5-22(16-23)28(40)34-18-27(39)35-24-11-13-37(19-24)12-8-20-9-14-38(15-10-20)29(41)26-17-21-4-1-2-7-25(21)36-26/h1-7,16-17,20,24,36H,8-15,18-19H2,(H,34,40)(H,35,39)/t24-/m1/s1. The molecule has 11 heteroatoms. The molecule has 0 bridgehead atoms. The van der Waals surface area contributed by atoms with Crippen LogP contribution in [-0.2, 0) is 11.0 Å². The van der Waals surface area contributed by atoms with Crippen LogP contribution in [0.1, 0.15) is 52.1 Å². The number of fused-ring (bicyclic) bond motifs is 1. The molecule has 0 radical (unpaired) electrons. The van der Waals surface area contributed by atoms with Gasteiger partial charge in [-0.1, -0.05) is 24.3 Å². The summed E-state index contributed by atoms with van der Waals surface area (Å²) in [6, 6.07) is 13.9. The van der Waals surface area contributed by atoms with Crippen LogP contribution < -0.4 is 10.6 Å². The van der Waals surface area contributed by atoms with Crippen molar-refractivity contribution in [3.05, 3.63) is 71.4 Å². The van der Waals surface area contributed by atoms with Gasteiger partial charge in [0.05, 0.1) is 12.1 Å². The van der Waals surface area contributed by atoms with E-state index in [1.54, 1.807) is 0 Å². The number of carbonyl (C=O) groups excluding carboxylic acids is 3. The van der Waals surface area contributed by atoms with Crippen molar-refractivity contribution >= 4 is 28.6 Å². The van der Waals surface area contributed by atoms with Gasteiger partial charge in [0.2, 0.25) is 5.91 Å². The molecule has 0 saturated carbocycles. The minimum atomic E-state index is -4.54. The Morgan fingerprint density at radius 1 is 0.951 bits per heavy atom. The normalized spacial score (nSPS) is 18.5. The van der Waals surface area contributed by atoms with E-state index in [-0.39, 0.29) is 30.0 Å². The first-order valence-electron chi connectivity index (χ1n) is 14.0. The monoisotopic (exact) mass is 569 g/mol. The van der Waals surface area contributed by atoms with Crippen LogP contribution in [0.2, 0.25) is 0 Å². The molecule has 0 unspecified atom stereocenters. The van der Waals surface area contributed by atoms with Gasteiger partial charge < -0.3 is 25.4 Å². The highest BCUT2D eigenvalue weighted by molar-refractivity contribution is 5.98. The molecule has 2 fully saturated rings. The summed E-state index contributed by atoms with van der Waals surface area (Å²) in [6.07, 6.45) is -0.791. The van der Waals surface area contributed by atoms with E-state index in [2.05, 4.69) is 20.5 Å². The Balaban J connectivity index is 0.989. The van der Waals surface area contributed by atoms with Crippen LogP contribution >= 0.6 is 0 Å². The maximum atomic E-state index is 13.0. The van der Waals surface area contributed by atoms with Gasteiger partial charge in [-0.15, -0.1) is 0 Å². The van der Waals surface area contributed by atoms with E-state index in [0.717, 1.165) is 74.9 Å². The fourth-order valence-electron chi connectivity index (χ4n) is 5.68. The Morgan fingerprint density at radius 3 is 2.49 bits per heavy atom. The number of piperidine rings is 1. The summed E-state index contributed by atoms with van der Waals surface area (Å²) in [5.74, 6) is -0.511. The zero-order valence-electron chi connectivity index (χ0n) is 22.7. The number of aromatic nitrogens is 1. The Morgan fingerprint density at radius 2 is 1.73 bits per heavy atom. The first kappa shape index (κ1) is 28.7. The number of rotatable bonds is 8. The van der Waals surface area contributed by atoms with Gasteiger partial charge in [-0.05, 0) is 68.5 Å². The Kier molecular flexibility index (Phi) is 8.63. The molecule has 3 N–H and O–H groups in total. The Bertz CT molecular complexity index is 1360. The molecule has 3 aromatic rings. The first-order valence-corrected chi connectivity index (χ1v) is 14.0. The molecule has 1 atom stereocenters. The van der Waals surface area contributed by atoms with Gasteiger partial charge in [-0.3, -0.25) is 14.4 Å². The topological polar surface area (TPSA) is 97.5 Å². The van der Waals surface area contributed by atoms with Crippen LogP contribution in [0.4, 0.5) is 13.2 Å². The summed E-state index contributed by atoms with van der Waals surface area (Å²) < 4.78 is 38.7. The molecule has 3 heterocycles. The SMILES string of the molecule is O=C(CNC(=O)c1cccc(C(F)(F)F)c1)N[C@@H]1CCN(CCC2CCN(C(=O)c3cc4ccccc4[nH]3)CC2)C1. The van der Waals surface area contributed by atoms with Crippen molar-refractivity contribution < 1.29 is 27.6 Å². The van der Waals surface area contributed by atoms with Crippen LogP contribution in [0.5, 0.6) is 0 Å². The fraction of sp³-hybridized carbons (Fsp3) is 0.433. The smallest absolute Gasteiger partial charge is 0.351 e. The average Bonchev–Trinajstić information content (AvgIpc) is 3.61. The van der Waals surface area contributed by atoms with Crippen LogP contribution in [0.25, 0.3) is 10.9 Å². The van der Waals surface area contributed by atoms with E-state index >= 15 is 0 Å². The number of para-hydroxylation sites is 1. The predicted octanol–water partition coefficient (Wildman–Crippen LogP) is 4.05. The van der Waals surface area contributed by atoms with Crippen LogP contribution in [0.15, 0.2) is 54.6 Å². The molecule has 2 saturated heterocycles. The lowest BCUT2D eigenvalue weighted by Crippen LogP contribution is -2.43. The first-order chi connectivity index (χ1) is 19.7. The molecule has 8 nitrogen and oxygen atoms in total. The number of aromatic amines is 1. The highest BCUT2D eigenvalue weighted by Gasteiger charge is 2.31. The molecule has 5 rings (SSSR count). The number of alkyl halides is 3. The van der Waals surface area contributed by atoms with Gasteiger partial charge in [-0.25, -0.2) is 0 Å². The minimum Gasteiger partial charge on any atom is -0.351 e. The molecule has 1 aromatic heterocycles. The van der Waals surface area contributed by atoms with E-state index < -0.39 is 17.6 Å². The van der Waals surface area contributed by atoms with Gasteiger partial charge in [0.25, 0.3) is 11.8 Å². The highest BCUT2D eigenvalue weighted by Crippen LogP contribution is 2.29. The molecule has 2 aromatic carbocycles.